The lowest BCUT2D eigenvalue weighted by Crippen LogP contribution is -2.51. The maximum absolute atomic E-state index is 14.5. The van der Waals surface area contributed by atoms with Gasteiger partial charge in [-0.15, -0.1) is 0 Å². The van der Waals surface area contributed by atoms with Crippen molar-refractivity contribution in [1.29, 1.82) is 0 Å². The minimum Gasteiger partial charge on any atom is -0.497 e. The second-order valence-corrected chi connectivity index (χ2v) is 6.64. The number of amides is 2. The van der Waals surface area contributed by atoms with Gasteiger partial charge in [-0.25, -0.2) is 9.18 Å². The molecule has 1 fully saturated rings. The van der Waals surface area contributed by atoms with Gasteiger partial charge in [-0.2, -0.15) is 0 Å². The number of benzene rings is 2. The van der Waals surface area contributed by atoms with E-state index in [0.29, 0.717) is 28.6 Å². The van der Waals surface area contributed by atoms with Crippen LogP contribution in [0.1, 0.15) is 17.9 Å². The number of carbonyl (C=O) groups is 1. The molecule has 1 aliphatic heterocycles. The van der Waals surface area contributed by atoms with E-state index in [1.807, 2.05) is 0 Å². The van der Waals surface area contributed by atoms with Gasteiger partial charge >= 0.3 is 6.03 Å². The highest BCUT2D eigenvalue weighted by atomic mass is 35.5. The number of halogens is 2. The molecule has 2 atom stereocenters. The van der Waals surface area contributed by atoms with Gasteiger partial charge in [-0.3, -0.25) is 0 Å². The molecule has 26 heavy (non-hydrogen) atoms. The number of ether oxygens (including phenoxy) is 1. The Balaban J connectivity index is 1.70. The van der Waals surface area contributed by atoms with Crippen molar-refractivity contribution in [2.45, 2.75) is 18.4 Å². The van der Waals surface area contributed by atoms with E-state index < -0.39 is 0 Å². The lowest BCUT2D eigenvalue weighted by molar-refractivity contribution is 0.241. The smallest absolute Gasteiger partial charge is 0.319 e. The molecule has 2 aromatic rings. The van der Waals surface area contributed by atoms with Gasteiger partial charge in [0.1, 0.15) is 11.6 Å². The molecule has 5 nitrogen and oxygen atoms in total. The Bertz CT molecular complexity index is 770. The van der Waals surface area contributed by atoms with Crippen LogP contribution in [-0.4, -0.2) is 32.3 Å². The third-order valence-electron chi connectivity index (χ3n) is 4.51. The third-order valence-corrected chi connectivity index (χ3v) is 4.76. The number of urea groups is 1. The van der Waals surface area contributed by atoms with Crippen LogP contribution < -0.4 is 20.7 Å². The van der Waals surface area contributed by atoms with Crippen molar-refractivity contribution in [1.82, 2.24) is 10.6 Å². The monoisotopic (exact) mass is 377 g/mol. The van der Waals surface area contributed by atoms with Crippen LogP contribution in [-0.2, 0) is 0 Å². The van der Waals surface area contributed by atoms with Gasteiger partial charge in [0, 0.05) is 29.2 Å². The van der Waals surface area contributed by atoms with Crippen LogP contribution in [0.25, 0.3) is 0 Å². The molecule has 1 heterocycles. The van der Waals surface area contributed by atoms with Gasteiger partial charge in [0.15, 0.2) is 0 Å². The second-order valence-electron chi connectivity index (χ2n) is 6.20. The summed E-state index contributed by atoms with van der Waals surface area (Å²) in [6.45, 7) is 1.34. The first-order chi connectivity index (χ1) is 12.6. The first kappa shape index (κ1) is 18.5. The van der Waals surface area contributed by atoms with Crippen LogP contribution in [0.2, 0.25) is 5.02 Å². The Kier molecular flexibility index (Phi) is 5.96. The number of piperidine rings is 1. The van der Waals surface area contributed by atoms with Crippen LogP contribution in [0.15, 0.2) is 42.5 Å². The largest absolute Gasteiger partial charge is 0.497 e. The van der Waals surface area contributed by atoms with Crippen LogP contribution in [0.3, 0.4) is 0 Å². The SMILES string of the molecule is COc1ccc(C2CCNCC2NC(=O)Nc2ccc(Cl)cc2)c(F)c1. The fourth-order valence-electron chi connectivity index (χ4n) is 3.19. The van der Waals surface area contributed by atoms with E-state index in [4.69, 9.17) is 16.3 Å². The Morgan fingerprint density at radius 1 is 1.27 bits per heavy atom. The van der Waals surface area contributed by atoms with E-state index in [-0.39, 0.29) is 23.8 Å². The number of nitrogens with one attached hydrogen (secondary N) is 3. The van der Waals surface area contributed by atoms with E-state index in [2.05, 4.69) is 16.0 Å². The van der Waals surface area contributed by atoms with Gasteiger partial charge in [0.05, 0.1) is 13.2 Å². The van der Waals surface area contributed by atoms with Crippen LogP contribution in [0.5, 0.6) is 5.75 Å². The highest BCUT2D eigenvalue weighted by Gasteiger charge is 2.29. The lowest BCUT2D eigenvalue weighted by Gasteiger charge is -2.33. The zero-order valence-corrected chi connectivity index (χ0v) is 15.1. The molecule has 2 amide bonds. The van der Waals surface area contributed by atoms with Crippen LogP contribution >= 0.6 is 11.6 Å². The number of rotatable bonds is 4. The summed E-state index contributed by atoms with van der Waals surface area (Å²) in [5.74, 6) is 0.0458. The second kappa shape index (κ2) is 8.38. The summed E-state index contributed by atoms with van der Waals surface area (Å²) < 4.78 is 19.5. The molecule has 3 N–H and O–H groups in total. The maximum Gasteiger partial charge on any atom is 0.319 e. The van der Waals surface area contributed by atoms with Crippen molar-refractivity contribution in [3.63, 3.8) is 0 Å². The van der Waals surface area contributed by atoms with Gasteiger partial charge in [-0.05, 0) is 48.9 Å². The number of methoxy groups -OCH3 is 1. The summed E-state index contributed by atoms with van der Waals surface area (Å²) in [4.78, 5) is 12.3. The first-order valence-electron chi connectivity index (χ1n) is 8.44. The van der Waals surface area contributed by atoms with Crippen molar-refractivity contribution in [2.75, 3.05) is 25.5 Å². The molecule has 7 heteroatoms. The molecule has 3 rings (SSSR count). The lowest BCUT2D eigenvalue weighted by atomic mass is 9.85. The van der Waals surface area contributed by atoms with Gasteiger partial charge in [-0.1, -0.05) is 17.7 Å². The molecular weight excluding hydrogens is 357 g/mol. The highest BCUT2D eigenvalue weighted by molar-refractivity contribution is 6.30. The normalized spacial score (nSPS) is 19.7. The van der Waals surface area contributed by atoms with Gasteiger partial charge < -0.3 is 20.7 Å². The molecule has 2 unspecified atom stereocenters. The summed E-state index contributed by atoms with van der Waals surface area (Å²) in [6, 6.07) is 11.1. The van der Waals surface area contributed by atoms with Gasteiger partial charge in [0.2, 0.25) is 0 Å². The van der Waals surface area contributed by atoms with E-state index >= 15 is 0 Å². The maximum atomic E-state index is 14.5. The Morgan fingerprint density at radius 3 is 2.73 bits per heavy atom. The van der Waals surface area contributed by atoms with E-state index in [1.165, 1.54) is 13.2 Å². The average Bonchev–Trinajstić information content (AvgIpc) is 2.64. The molecule has 138 valence electrons. The fraction of sp³-hybridized carbons (Fsp3) is 0.316. The minimum absolute atomic E-state index is 0.113. The zero-order valence-electron chi connectivity index (χ0n) is 14.4. The van der Waals surface area contributed by atoms with Gasteiger partial charge in [0.25, 0.3) is 0 Å². The summed E-state index contributed by atoms with van der Waals surface area (Å²) in [5, 5.41) is 9.56. The molecule has 0 aromatic heterocycles. The summed E-state index contributed by atoms with van der Waals surface area (Å²) in [7, 11) is 1.50. The van der Waals surface area contributed by atoms with Crippen LogP contribution in [0, 0.1) is 5.82 Å². The number of carbonyl (C=O) groups excluding carboxylic acids is 1. The zero-order chi connectivity index (χ0) is 18.5. The molecule has 1 aliphatic rings. The molecule has 0 spiro atoms. The molecule has 1 saturated heterocycles. The average molecular weight is 378 g/mol. The molecule has 0 bridgehead atoms. The Labute approximate surface area is 156 Å². The number of hydrogen-bond donors (Lipinski definition) is 3. The van der Waals surface area contributed by atoms with Crippen molar-refractivity contribution in [3.05, 3.63) is 58.9 Å². The predicted molar refractivity (Wildman–Crippen MR) is 101 cm³/mol. The molecule has 0 saturated carbocycles. The summed E-state index contributed by atoms with van der Waals surface area (Å²) in [5.41, 5.74) is 1.23. The van der Waals surface area contributed by atoms with Crippen LogP contribution in [0.4, 0.5) is 14.9 Å². The summed E-state index contributed by atoms with van der Waals surface area (Å²) >= 11 is 5.85. The van der Waals surface area contributed by atoms with Crippen molar-refractivity contribution in [3.8, 4) is 5.75 Å². The van der Waals surface area contributed by atoms with E-state index in [0.717, 1.165) is 13.0 Å². The molecule has 2 aromatic carbocycles. The fourth-order valence-corrected chi connectivity index (χ4v) is 3.31. The van der Waals surface area contributed by atoms with Crippen molar-refractivity contribution >= 4 is 23.3 Å². The first-order valence-corrected chi connectivity index (χ1v) is 8.82. The number of anilines is 1. The molecule has 0 aliphatic carbocycles. The number of hydrogen-bond acceptors (Lipinski definition) is 3. The third kappa shape index (κ3) is 4.45. The van der Waals surface area contributed by atoms with Crippen molar-refractivity contribution < 1.29 is 13.9 Å². The topological polar surface area (TPSA) is 62.4 Å². The molecule has 0 radical (unpaired) electrons. The predicted octanol–water partition coefficient (Wildman–Crippen LogP) is 3.75. The van der Waals surface area contributed by atoms with E-state index in [1.54, 1.807) is 36.4 Å². The standard InChI is InChI=1S/C19H21ClFN3O2/c1-26-14-6-7-15(17(21)10-14)16-8-9-22-11-18(16)24-19(25)23-13-4-2-12(20)3-5-13/h2-7,10,16,18,22H,8-9,11H2,1H3,(H2,23,24,25). The highest BCUT2D eigenvalue weighted by Crippen LogP contribution is 2.30. The Hall–Kier alpha value is -2.31. The van der Waals surface area contributed by atoms with Crippen molar-refractivity contribution in [2.24, 2.45) is 0 Å². The summed E-state index contributed by atoms with van der Waals surface area (Å²) in [6.07, 6.45) is 0.731. The van der Waals surface area contributed by atoms with E-state index in [9.17, 15) is 9.18 Å². The molecular formula is C19H21ClFN3O2. The Morgan fingerprint density at radius 2 is 2.04 bits per heavy atom. The quantitative estimate of drug-likeness (QED) is 0.760. The minimum atomic E-state index is -0.333.